The molecule has 1 unspecified atom stereocenters. The average Bonchev–Trinajstić information content (AvgIpc) is 3.00. The Morgan fingerprint density at radius 3 is 2.68 bits per heavy atom. The molecule has 0 saturated carbocycles. The predicted octanol–water partition coefficient (Wildman–Crippen LogP) is 2.57. The van der Waals surface area contributed by atoms with E-state index in [2.05, 4.69) is 5.32 Å². The van der Waals surface area contributed by atoms with Gasteiger partial charge in [-0.15, -0.1) is 0 Å². The first kappa shape index (κ1) is 16.9. The van der Waals surface area contributed by atoms with Crippen molar-refractivity contribution >= 4 is 34.8 Å². The lowest BCUT2D eigenvalue weighted by molar-refractivity contribution is -0.384. The summed E-state index contributed by atoms with van der Waals surface area (Å²) >= 11 is 6.09. The second kappa shape index (κ2) is 6.52. The van der Waals surface area contributed by atoms with Gasteiger partial charge in [0.05, 0.1) is 15.5 Å². The highest BCUT2D eigenvalue weighted by molar-refractivity contribution is 6.35. The van der Waals surface area contributed by atoms with Crippen molar-refractivity contribution in [3.8, 4) is 0 Å². The summed E-state index contributed by atoms with van der Waals surface area (Å²) in [4.78, 5) is 37.1. The maximum atomic E-state index is 13.1. The van der Waals surface area contributed by atoms with Crippen LogP contribution in [0, 0.1) is 10.1 Å². The SMILES string of the molecule is CNC(=O)C1Cc2ccccc2N1C(=O)c1cc([N+](=O)[O-])ccc1Cl. The number of fused-ring (bicyclic) bond motifs is 1. The Hall–Kier alpha value is -2.93. The van der Waals surface area contributed by atoms with Crippen molar-refractivity contribution in [2.75, 3.05) is 11.9 Å². The molecule has 2 aromatic carbocycles. The third-order valence-corrected chi connectivity index (χ3v) is 4.46. The largest absolute Gasteiger partial charge is 0.357 e. The Morgan fingerprint density at radius 1 is 1.28 bits per heavy atom. The molecule has 3 rings (SSSR count). The maximum Gasteiger partial charge on any atom is 0.270 e. The van der Waals surface area contributed by atoms with Crippen molar-refractivity contribution in [2.24, 2.45) is 0 Å². The lowest BCUT2D eigenvalue weighted by Crippen LogP contribution is -2.47. The van der Waals surface area contributed by atoms with Crippen LogP contribution in [0.3, 0.4) is 0 Å². The number of likely N-dealkylation sites (N-methyl/N-ethyl adjacent to an activating group) is 1. The van der Waals surface area contributed by atoms with Crippen LogP contribution in [-0.2, 0) is 11.2 Å². The Kier molecular flexibility index (Phi) is 4.41. The molecule has 1 aliphatic rings. The maximum absolute atomic E-state index is 13.1. The van der Waals surface area contributed by atoms with E-state index in [1.54, 1.807) is 12.1 Å². The number of carbonyl (C=O) groups excluding carboxylic acids is 2. The Labute approximate surface area is 148 Å². The fourth-order valence-electron chi connectivity index (χ4n) is 2.93. The molecule has 1 N–H and O–H groups in total. The van der Waals surface area contributed by atoms with Crippen LogP contribution in [0.1, 0.15) is 15.9 Å². The second-order valence-electron chi connectivity index (χ2n) is 5.56. The van der Waals surface area contributed by atoms with Crippen molar-refractivity contribution in [1.29, 1.82) is 0 Å². The van der Waals surface area contributed by atoms with E-state index < -0.39 is 16.9 Å². The first-order valence-electron chi connectivity index (χ1n) is 7.51. The molecule has 25 heavy (non-hydrogen) atoms. The summed E-state index contributed by atoms with van der Waals surface area (Å²) < 4.78 is 0. The molecule has 0 spiro atoms. The van der Waals surface area contributed by atoms with E-state index in [1.165, 1.54) is 24.1 Å². The number of anilines is 1. The molecule has 2 aromatic rings. The number of nitro groups is 1. The second-order valence-corrected chi connectivity index (χ2v) is 5.97. The molecule has 7 nitrogen and oxygen atoms in total. The van der Waals surface area contributed by atoms with Crippen LogP contribution in [-0.4, -0.2) is 29.8 Å². The molecule has 0 bridgehead atoms. The summed E-state index contributed by atoms with van der Waals surface area (Å²) in [5, 5.41) is 13.6. The monoisotopic (exact) mass is 359 g/mol. The summed E-state index contributed by atoms with van der Waals surface area (Å²) in [6.45, 7) is 0. The molecule has 0 aliphatic carbocycles. The zero-order chi connectivity index (χ0) is 18.1. The minimum absolute atomic E-state index is 0.0125. The average molecular weight is 360 g/mol. The number of para-hydroxylation sites is 1. The van der Waals surface area contributed by atoms with Crippen molar-refractivity contribution in [1.82, 2.24) is 5.32 Å². The molecule has 1 heterocycles. The number of amides is 2. The van der Waals surface area contributed by atoms with Crippen molar-refractivity contribution in [3.05, 3.63) is 68.7 Å². The smallest absolute Gasteiger partial charge is 0.270 e. The van der Waals surface area contributed by atoms with E-state index in [-0.39, 0.29) is 22.2 Å². The van der Waals surface area contributed by atoms with Crippen molar-refractivity contribution in [2.45, 2.75) is 12.5 Å². The van der Waals surface area contributed by atoms with E-state index in [1.807, 2.05) is 12.1 Å². The van der Waals surface area contributed by atoms with E-state index >= 15 is 0 Å². The van der Waals surface area contributed by atoms with Gasteiger partial charge in [0.25, 0.3) is 11.6 Å². The van der Waals surface area contributed by atoms with Gasteiger partial charge in [-0.05, 0) is 17.7 Å². The molecule has 2 amide bonds. The van der Waals surface area contributed by atoms with Gasteiger partial charge >= 0.3 is 0 Å². The highest BCUT2D eigenvalue weighted by Crippen LogP contribution is 2.35. The number of nitro benzene ring substituents is 1. The zero-order valence-corrected chi connectivity index (χ0v) is 14.0. The molecule has 0 radical (unpaired) electrons. The highest BCUT2D eigenvalue weighted by atomic mass is 35.5. The van der Waals surface area contributed by atoms with Gasteiger partial charge in [0.1, 0.15) is 6.04 Å². The molecular formula is C17H14ClN3O4. The number of carbonyl (C=O) groups is 2. The summed E-state index contributed by atoms with van der Waals surface area (Å²) in [6, 6.07) is 10.1. The van der Waals surface area contributed by atoms with Gasteiger partial charge in [0, 0.05) is 31.3 Å². The van der Waals surface area contributed by atoms with Gasteiger partial charge in [-0.3, -0.25) is 24.6 Å². The fraction of sp³-hybridized carbons (Fsp3) is 0.176. The summed E-state index contributed by atoms with van der Waals surface area (Å²) in [6.07, 6.45) is 0.369. The number of benzene rings is 2. The van der Waals surface area contributed by atoms with Gasteiger partial charge in [-0.1, -0.05) is 29.8 Å². The number of hydrogen-bond donors (Lipinski definition) is 1. The van der Waals surface area contributed by atoms with Crippen LogP contribution >= 0.6 is 11.6 Å². The van der Waals surface area contributed by atoms with Crippen LogP contribution in [0.4, 0.5) is 11.4 Å². The molecule has 1 aliphatic heterocycles. The minimum Gasteiger partial charge on any atom is -0.357 e. The van der Waals surface area contributed by atoms with Crippen LogP contribution in [0.15, 0.2) is 42.5 Å². The molecule has 1 atom stereocenters. The van der Waals surface area contributed by atoms with Gasteiger partial charge < -0.3 is 5.32 Å². The highest BCUT2D eigenvalue weighted by Gasteiger charge is 2.39. The quantitative estimate of drug-likeness (QED) is 0.673. The molecule has 0 aromatic heterocycles. The van der Waals surface area contributed by atoms with Gasteiger partial charge in [-0.25, -0.2) is 0 Å². The number of nitrogens with one attached hydrogen (secondary N) is 1. The topological polar surface area (TPSA) is 92.6 Å². The van der Waals surface area contributed by atoms with Gasteiger partial charge in [0.15, 0.2) is 0 Å². The first-order valence-corrected chi connectivity index (χ1v) is 7.89. The van der Waals surface area contributed by atoms with Crippen LogP contribution in [0.2, 0.25) is 5.02 Å². The molecular weight excluding hydrogens is 346 g/mol. The Balaban J connectivity index is 2.09. The molecule has 0 saturated heterocycles. The standard InChI is InChI=1S/C17H14ClN3O4/c1-19-16(22)15-8-10-4-2-3-5-14(10)20(15)17(23)12-9-11(21(24)25)6-7-13(12)18/h2-7,9,15H,8H2,1H3,(H,19,22). The van der Waals surface area contributed by atoms with E-state index in [0.29, 0.717) is 12.1 Å². The number of non-ortho nitro benzene ring substituents is 1. The summed E-state index contributed by atoms with van der Waals surface area (Å²) in [7, 11) is 1.49. The third-order valence-electron chi connectivity index (χ3n) is 4.14. The predicted molar refractivity (Wildman–Crippen MR) is 92.9 cm³/mol. The van der Waals surface area contributed by atoms with E-state index in [4.69, 9.17) is 11.6 Å². The molecule has 0 fully saturated rings. The summed E-state index contributed by atoms with van der Waals surface area (Å²) in [5.74, 6) is -0.863. The molecule has 8 heteroatoms. The molecule has 128 valence electrons. The van der Waals surface area contributed by atoms with Gasteiger partial charge in [-0.2, -0.15) is 0 Å². The van der Waals surface area contributed by atoms with Crippen LogP contribution in [0.5, 0.6) is 0 Å². The Bertz CT molecular complexity index is 884. The Morgan fingerprint density at radius 2 is 2.00 bits per heavy atom. The van der Waals surface area contributed by atoms with Crippen molar-refractivity contribution < 1.29 is 14.5 Å². The number of rotatable bonds is 3. The minimum atomic E-state index is -0.731. The number of hydrogen-bond acceptors (Lipinski definition) is 4. The first-order chi connectivity index (χ1) is 11.9. The van der Waals surface area contributed by atoms with Gasteiger partial charge in [0.2, 0.25) is 5.91 Å². The van der Waals surface area contributed by atoms with Crippen LogP contribution < -0.4 is 10.2 Å². The van der Waals surface area contributed by atoms with E-state index in [9.17, 15) is 19.7 Å². The fourth-order valence-corrected chi connectivity index (χ4v) is 3.13. The van der Waals surface area contributed by atoms with E-state index in [0.717, 1.165) is 11.6 Å². The van der Waals surface area contributed by atoms with Crippen molar-refractivity contribution in [3.63, 3.8) is 0 Å². The summed E-state index contributed by atoms with van der Waals surface area (Å²) in [5.41, 5.74) is 1.20. The van der Waals surface area contributed by atoms with Crippen LogP contribution in [0.25, 0.3) is 0 Å². The zero-order valence-electron chi connectivity index (χ0n) is 13.2. The third kappa shape index (κ3) is 2.94. The lowest BCUT2D eigenvalue weighted by Gasteiger charge is -2.24. The normalized spacial score (nSPS) is 15.6. The lowest BCUT2D eigenvalue weighted by atomic mass is 10.1. The number of halogens is 1. The number of nitrogens with zero attached hydrogens (tertiary/aromatic N) is 2.